The molecular weight excluding hydrogens is 213 g/mol. The van der Waals surface area contributed by atoms with Crippen LogP contribution in [0.2, 0.25) is 0 Å². The van der Waals surface area contributed by atoms with Gasteiger partial charge in [-0.05, 0) is 28.8 Å². The summed E-state index contributed by atoms with van der Waals surface area (Å²) in [6.45, 7) is 1.84. The number of nitrogens with one attached hydrogen (secondary N) is 1. The highest BCUT2D eigenvalue weighted by Crippen LogP contribution is 2.29. The molecule has 1 atom stereocenters. The van der Waals surface area contributed by atoms with Gasteiger partial charge in [-0.15, -0.1) is 0 Å². The highest BCUT2D eigenvalue weighted by molar-refractivity contribution is 5.40. The van der Waals surface area contributed by atoms with Crippen LogP contribution in [0.5, 0.6) is 0 Å². The number of halogens is 1. The van der Waals surface area contributed by atoms with Gasteiger partial charge in [-0.1, -0.05) is 36.4 Å². The first-order chi connectivity index (χ1) is 8.34. The van der Waals surface area contributed by atoms with E-state index >= 15 is 0 Å². The summed E-state index contributed by atoms with van der Waals surface area (Å²) in [4.78, 5) is 0. The summed E-state index contributed by atoms with van der Waals surface area (Å²) >= 11 is 0. The van der Waals surface area contributed by atoms with Gasteiger partial charge in [0.25, 0.3) is 0 Å². The Hall–Kier alpha value is -1.67. The van der Waals surface area contributed by atoms with E-state index < -0.39 is 0 Å². The Labute approximate surface area is 100 Å². The summed E-state index contributed by atoms with van der Waals surface area (Å²) in [5.74, 6) is 0.159. The molecule has 1 N–H and O–H groups in total. The average Bonchev–Trinajstić information content (AvgIpc) is 2.39. The summed E-state index contributed by atoms with van der Waals surface area (Å²) < 4.78 is 12.9. The molecule has 2 aromatic rings. The predicted molar refractivity (Wildman–Crippen MR) is 66.4 cm³/mol. The molecule has 0 fully saturated rings. The van der Waals surface area contributed by atoms with Crippen LogP contribution in [0.1, 0.15) is 22.6 Å². The van der Waals surface area contributed by atoms with Crippen molar-refractivity contribution in [3.63, 3.8) is 0 Å². The van der Waals surface area contributed by atoms with Crippen LogP contribution in [0.15, 0.2) is 48.5 Å². The lowest BCUT2D eigenvalue weighted by molar-refractivity contribution is 0.588. The van der Waals surface area contributed by atoms with Crippen molar-refractivity contribution in [1.29, 1.82) is 0 Å². The molecule has 86 valence electrons. The number of rotatable bonds is 1. The van der Waals surface area contributed by atoms with E-state index in [1.165, 1.54) is 28.8 Å². The molecule has 3 rings (SSSR count). The molecule has 1 heterocycles. The van der Waals surface area contributed by atoms with Gasteiger partial charge in [0.1, 0.15) is 5.82 Å². The van der Waals surface area contributed by atoms with Crippen LogP contribution in [-0.4, -0.2) is 6.54 Å². The zero-order valence-electron chi connectivity index (χ0n) is 9.49. The summed E-state index contributed by atoms with van der Waals surface area (Å²) in [5, 5.41) is 3.41. The van der Waals surface area contributed by atoms with Crippen LogP contribution in [0, 0.1) is 5.82 Å². The van der Waals surface area contributed by atoms with E-state index in [9.17, 15) is 4.39 Å². The van der Waals surface area contributed by atoms with Gasteiger partial charge < -0.3 is 5.32 Å². The molecule has 0 saturated carbocycles. The van der Waals surface area contributed by atoms with Crippen molar-refractivity contribution >= 4 is 0 Å². The van der Waals surface area contributed by atoms with Gasteiger partial charge in [-0.25, -0.2) is 4.39 Å². The van der Waals surface area contributed by atoms with Crippen molar-refractivity contribution in [1.82, 2.24) is 5.32 Å². The van der Waals surface area contributed by atoms with Crippen LogP contribution in [-0.2, 0) is 6.54 Å². The topological polar surface area (TPSA) is 12.0 Å². The Morgan fingerprint density at radius 3 is 2.59 bits per heavy atom. The third-order valence-corrected chi connectivity index (χ3v) is 3.37. The summed E-state index contributed by atoms with van der Waals surface area (Å²) in [6, 6.07) is 15.3. The first-order valence-corrected chi connectivity index (χ1v) is 5.88. The van der Waals surface area contributed by atoms with Gasteiger partial charge in [0.15, 0.2) is 0 Å². The Balaban J connectivity index is 2.03. The molecule has 2 aromatic carbocycles. The van der Waals surface area contributed by atoms with Gasteiger partial charge in [0, 0.05) is 19.0 Å². The molecule has 0 spiro atoms. The average molecular weight is 227 g/mol. The van der Waals surface area contributed by atoms with Gasteiger partial charge in [-0.2, -0.15) is 0 Å². The fourth-order valence-corrected chi connectivity index (χ4v) is 2.49. The summed E-state index contributed by atoms with van der Waals surface area (Å²) in [5.41, 5.74) is 3.87. The van der Waals surface area contributed by atoms with E-state index in [-0.39, 0.29) is 5.82 Å². The predicted octanol–water partition coefficient (Wildman–Crippen LogP) is 3.06. The van der Waals surface area contributed by atoms with E-state index in [1.54, 1.807) is 0 Å². The molecule has 0 aliphatic carbocycles. The van der Waals surface area contributed by atoms with E-state index in [0.717, 1.165) is 13.1 Å². The molecule has 0 bridgehead atoms. The summed E-state index contributed by atoms with van der Waals surface area (Å²) in [7, 11) is 0. The second-order valence-corrected chi connectivity index (χ2v) is 4.43. The Kier molecular flexibility index (Phi) is 2.65. The minimum atomic E-state index is -0.175. The molecular formula is C15H14FN. The lowest BCUT2D eigenvalue weighted by atomic mass is 9.86. The van der Waals surface area contributed by atoms with E-state index in [4.69, 9.17) is 0 Å². The van der Waals surface area contributed by atoms with Gasteiger partial charge in [0.05, 0.1) is 0 Å². The lowest BCUT2D eigenvalue weighted by Gasteiger charge is -2.26. The molecule has 1 aliphatic heterocycles. The zero-order valence-corrected chi connectivity index (χ0v) is 9.49. The molecule has 1 aliphatic rings. The Morgan fingerprint density at radius 1 is 1.00 bits per heavy atom. The second kappa shape index (κ2) is 4.30. The molecule has 1 nitrogen and oxygen atoms in total. The molecule has 17 heavy (non-hydrogen) atoms. The van der Waals surface area contributed by atoms with Crippen LogP contribution in [0.3, 0.4) is 0 Å². The zero-order chi connectivity index (χ0) is 11.7. The third kappa shape index (κ3) is 1.96. The SMILES string of the molecule is Fc1ccc(C2CNCc3ccccc32)cc1. The van der Waals surface area contributed by atoms with Crippen molar-refractivity contribution in [2.45, 2.75) is 12.5 Å². The largest absolute Gasteiger partial charge is 0.312 e. The normalized spacial score (nSPS) is 18.8. The smallest absolute Gasteiger partial charge is 0.123 e. The molecule has 0 aromatic heterocycles. The van der Waals surface area contributed by atoms with Crippen LogP contribution < -0.4 is 5.32 Å². The third-order valence-electron chi connectivity index (χ3n) is 3.37. The second-order valence-electron chi connectivity index (χ2n) is 4.43. The van der Waals surface area contributed by atoms with Crippen LogP contribution >= 0.6 is 0 Å². The number of hydrogen-bond donors (Lipinski definition) is 1. The van der Waals surface area contributed by atoms with E-state index in [0.29, 0.717) is 5.92 Å². The summed E-state index contributed by atoms with van der Waals surface area (Å²) in [6.07, 6.45) is 0. The highest BCUT2D eigenvalue weighted by Gasteiger charge is 2.20. The highest BCUT2D eigenvalue weighted by atomic mass is 19.1. The Morgan fingerprint density at radius 2 is 1.76 bits per heavy atom. The number of hydrogen-bond acceptors (Lipinski definition) is 1. The maximum Gasteiger partial charge on any atom is 0.123 e. The van der Waals surface area contributed by atoms with E-state index in [1.807, 2.05) is 12.1 Å². The van der Waals surface area contributed by atoms with Crippen LogP contribution in [0.4, 0.5) is 4.39 Å². The minimum Gasteiger partial charge on any atom is -0.312 e. The minimum absolute atomic E-state index is 0.175. The van der Waals surface area contributed by atoms with Crippen molar-refractivity contribution in [3.05, 3.63) is 71.0 Å². The molecule has 0 saturated heterocycles. The van der Waals surface area contributed by atoms with Crippen molar-refractivity contribution in [3.8, 4) is 0 Å². The maximum atomic E-state index is 12.9. The molecule has 1 unspecified atom stereocenters. The molecule has 0 radical (unpaired) electrons. The standard InChI is InChI=1S/C15H14FN/c16-13-7-5-11(6-8-13)15-10-17-9-12-3-1-2-4-14(12)15/h1-8,15,17H,9-10H2. The number of fused-ring (bicyclic) bond motifs is 1. The quantitative estimate of drug-likeness (QED) is 0.789. The van der Waals surface area contributed by atoms with Crippen molar-refractivity contribution in [2.75, 3.05) is 6.54 Å². The van der Waals surface area contributed by atoms with Crippen molar-refractivity contribution < 1.29 is 4.39 Å². The maximum absolute atomic E-state index is 12.9. The molecule has 2 heteroatoms. The van der Waals surface area contributed by atoms with Gasteiger partial charge in [-0.3, -0.25) is 0 Å². The lowest BCUT2D eigenvalue weighted by Crippen LogP contribution is -2.28. The van der Waals surface area contributed by atoms with Crippen LogP contribution in [0.25, 0.3) is 0 Å². The fraction of sp³-hybridized carbons (Fsp3) is 0.200. The number of benzene rings is 2. The monoisotopic (exact) mass is 227 g/mol. The first kappa shape index (κ1) is 10.5. The van der Waals surface area contributed by atoms with E-state index in [2.05, 4.69) is 29.6 Å². The Bertz CT molecular complexity index is 519. The first-order valence-electron chi connectivity index (χ1n) is 5.88. The van der Waals surface area contributed by atoms with Gasteiger partial charge in [0.2, 0.25) is 0 Å². The fourth-order valence-electron chi connectivity index (χ4n) is 2.49. The van der Waals surface area contributed by atoms with Gasteiger partial charge >= 0.3 is 0 Å². The molecule has 0 amide bonds. The van der Waals surface area contributed by atoms with Crippen molar-refractivity contribution in [2.24, 2.45) is 0 Å².